The average molecular weight is 423 g/mol. The highest BCUT2D eigenvalue weighted by Crippen LogP contribution is 2.29. The maximum atomic E-state index is 12.4. The van der Waals surface area contributed by atoms with Crippen LogP contribution in [0.15, 0.2) is 46.1 Å². The molecule has 0 amide bonds. The molecule has 1 heterocycles. The number of aromatic amines is 1. The second-order valence-corrected chi connectivity index (χ2v) is 9.60. The molecule has 0 spiro atoms. The molecule has 1 aromatic carbocycles. The standard InChI is InChI=1S/C20H26N2O6S/c1-15(16-4-2-5-18(12-16)28-17-6-7-17)13-29(25,26)11-3-10-27-14-22-9-8-19(23)21-20(22)24/h2,4-5,8-9,12,15,17H,3,6-7,10-11,13-14H2,1H3,(H,21,23,24)/t15-/m0/s1. The normalized spacial score (nSPS) is 15.2. The van der Waals surface area contributed by atoms with Crippen LogP contribution in [0.3, 0.4) is 0 Å². The fraction of sp³-hybridized carbons (Fsp3) is 0.500. The van der Waals surface area contributed by atoms with Gasteiger partial charge in [0.05, 0.1) is 17.6 Å². The van der Waals surface area contributed by atoms with Crippen molar-refractivity contribution in [3.8, 4) is 5.75 Å². The number of nitrogens with one attached hydrogen (secondary N) is 1. The molecule has 1 aromatic heterocycles. The Kier molecular flexibility index (Phi) is 6.92. The molecule has 0 aliphatic heterocycles. The van der Waals surface area contributed by atoms with Crippen LogP contribution in [0.5, 0.6) is 5.75 Å². The highest BCUT2D eigenvalue weighted by atomic mass is 32.2. The minimum absolute atomic E-state index is 0.0100. The van der Waals surface area contributed by atoms with Crippen LogP contribution >= 0.6 is 0 Å². The average Bonchev–Trinajstić information content (AvgIpc) is 3.47. The molecule has 1 aliphatic carbocycles. The molecule has 0 saturated heterocycles. The Hall–Kier alpha value is -2.39. The SMILES string of the molecule is C[C@@H](CS(=O)(=O)CCCOCn1ccc(=O)[nH]c1=O)c1cccc(OC2CC2)c1. The molecule has 1 fully saturated rings. The predicted octanol–water partition coefficient (Wildman–Crippen LogP) is 1.66. The van der Waals surface area contributed by atoms with Crippen molar-refractivity contribution >= 4 is 9.84 Å². The van der Waals surface area contributed by atoms with Crippen LogP contribution in [-0.4, -0.2) is 42.2 Å². The minimum atomic E-state index is -3.25. The first-order chi connectivity index (χ1) is 13.8. The van der Waals surface area contributed by atoms with E-state index >= 15 is 0 Å². The number of aromatic nitrogens is 2. The van der Waals surface area contributed by atoms with Crippen molar-refractivity contribution in [2.24, 2.45) is 0 Å². The Morgan fingerprint density at radius 3 is 2.76 bits per heavy atom. The number of hydrogen-bond donors (Lipinski definition) is 1. The molecule has 0 unspecified atom stereocenters. The van der Waals surface area contributed by atoms with E-state index in [0.717, 1.165) is 24.2 Å². The molecular weight excluding hydrogens is 396 g/mol. The van der Waals surface area contributed by atoms with Crippen LogP contribution in [-0.2, 0) is 21.3 Å². The Morgan fingerprint density at radius 1 is 1.24 bits per heavy atom. The van der Waals surface area contributed by atoms with Crippen molar-refractivity contribution in [2.75, 3.05) is 18.1 Å². The van der Waals surface area contributed by atoms with Gasteiger partial charge in [-0.15, -0.1) is 0 Å². The van der Waals surface area contributed by atoms with Gasteiger partial charge in [0.25, 0.3) is 5.56 Å². The van der Waals surface area contributed by atoms with Crippen LogP contribution in [0.4, 0.5) is 0 Å². The first-order valence-electron chi connectivity index (χ1n) is 9.67. The van der Waals surface area contributed by atoms with Gasteiger partial charge < -0.3 is 9.47 Å². The summed E-state index contributed by atoms with van der Waals surface area (Å²) in [6.07, 6.45) is 4.12. The van der Waals surface area contributed by atoms with Crippen LogP contribution in [0.25, 0.3) is 0 Å². The molecule has 3 rings (SSSR count). The summed E-state index contributed by atoms with van der Waals surface area (Å²) in [4.78, 5) is 24.7. The lowest BCUT2D eigenvalue weighted by Crippen LogP contribution is -2.29. The summed E-state index contributed by atoms with van der Waals surface area (Å²) in [5.41, 5.74) is -0.0941. The number of H-pyrrole nitrogens is 1. The molecule has 2 aromatic rings. The summed E-state index contributed by atoms with van der Waals surface area (Å²) in [6, 6.07) is 8.85. The molecule has 8 nitrogen and oxygen atoms in total. The third-order valence-corrected chi connectivity index (χ3v) is 6.55. The maximum Gasteiger partial charge on any atom is 0.330 e. The second-order valence-electron chi connectivity index (χ2n) is 7.38. The van der Waals surface area contributed by atoms with Gasteiger partial charge in [0.1, 0.15) is 12.5 Å². The number of sulfone groups is 1. The molecular formula is C20H26N2O6S. The molecule has 9 heteroatoms. The minimum Gasteiger partial charge on any atom is -0.490 e. The molecule has 1 N–H and O–H groups in total. The molecule has 0 bridgehead atoms. The fourth-order valence-electron chi connectivity index (χ4n) is 2.92. The van der Waals surface area contributed by atoms with Gasteiger partial charge >= 0.3 is 5.69 Å². The van der Waals surface area contributed by atoms with E-state index in [9.17, 15) is 18.0 Å². The van der Waals surface area contributed by atoms with Gasteiger partial charge in [0.15, 0.2) is 9.84 Å². The van der Waals surface area contributed by atoms with Gasteiger partial charge in [-0.2, -0.15) is 0 Å². The van der Waals surface area contributed by atoms with Gasteiger partial charge in [0, 0.05) is 18.9 Å². The number of nitrogens with zero attached hydrogens (tertiary/aromatic N) is 1. The summed E-state index contributed by atoms with van der Waals surface area (Å²) in [7, 11) is -3.25. The van der Waals surface area contributed by atoms with Crippen LogP contribution in [0.2, 0.25) is 0 Å². The zero-order valence-corrected chi connectivity index (χ0v) is 17.2. The van der Waals surface area contributed by atoms with E-state index in [4.69, 9.17) is 9.47 Å². The summed E-state index contributed by atoms with van der Waals surface area (Å²) in [5.74, 6) is 0.721. The third-order valence-electron chi connectivity index (χ3n) is 4.63. The van der Waals surface area contributed by atoms with Crippen molar-refractivity contribution < 1.29 is 17.9 Å². The number of ether oxygens (including phenoxy) is 2. The van der Waals surface area contributed by atoms with Crippen molar-refractivity contribution in [3.63, 3.8) is 0 Å². The quantitative estimate of drug-likeness (QED) is 0.552. The highest BCUT2D eigenvalue weighted by molar-refractivity contribution is 7.91. The van der Waals surface area contributed by atoms with Crippen molar-refractivity contribution in [2.45, 2.75) is 44.9 Å². The monoisotopic (exact) mass is 422 g/mol. The van der Waals surface area contributed by atoms with Crippen molar-refractivity contribution in [1.82, 2.24) is 9.55 Å². The number of rotatable bonds is 11. The Bertz CT molecular complexity index is 1040. The van der Waals surface area contributed by atoms with E-state index in [1.54, 1.807) is 0 Å². The van der Waals surface area contributed by atoms with Crippen LogP contribution < -0.4 is 16.0 Å². The first kappa shape index (κ1) is 21.3. The Morgan fingerprint density at radius 2 is 2.03 bits per heavy atom. The van der Waals surface area contributed by atoms with Gasteiger partial charge in [0.2, 0.25) is 0 Å². The Labute approximate surface area is 169 Å². The van der Waals surface area contributed by atoms with Crippen molar-refractivity contribution in [3.05, 3.63) is 62.9 Å². The number of hydrogen-bond acceptors (Lipinski definition) is 6. The lowest BCUT2D eigenvalue weighted by Gasteiger charge is -2.14. The number of benzene rings is 1. The molecule has 1 atom stereocenters. The lowest BCUT2D eigenvalue weighted by atomic mass is 10.0. The van der Waals surface area contributed by atoms with E-state index < -0.39 is 21.1 Å². The second kappa shape index (κ2) is 9.41. The predicted molar refractivity (Wildman–Crippen MR) is 109 cm³/mol. The maximum absolute atomic E-state index is 12.4. The molecule has 29 heavy (non-hydrogen) atoms. The van der Waals surface area contributed by atoms with Gasteiger partial charge in [-0.05, 0) is 42.9 Å². The molecule has 1 saturated carbocycles. The largest absolute Gasteiger partial charge is 0.490 e. The Balaban J connectivity index is 1.43. The fourth-order valence-corrected chi connectivity index (χ4v) is 4.60. The van der Waals surface area contributed by atoms with Gasteiger partial charge in [-0.25, -0.2) is 13.2 Å². The van der Waals surface area contributed by atoms with E-state index in [-0.39, 0.29) is 30.8 Å². The first-order valence-corrected chi connectivity index (χ1v) is 11.5. The summed E-state index contributed by atoms with van der Waals surface area (Å²) >= 11 is 0. The van der Waals surface area contributed by atoms with Crippen LogP contribution in [0, 0.1) is 0 Å². The summed E-state index contributed by atoms with van der Waals surface area (Å²) < 4.78 is 37.2. The molecule has 158 valence electrons. The van der Waals surface area contributed by atoms with E-state index in [2.05, 4.69) is 4.98 Å². The van der Waals surface area contributed by atoms with Gasteiger partial charge in [-0.1, -0.05) is 19.1 Å². The van der Waals surface area contributed by atoms with Crippen LogP contribution in [0.1, 0.15) is 37.7 Å². The lowest BCUT2D eigenvalue weighted by molar-refractivity contribution is 0.0745. The van der Waals surface area contributed by atoms with E-state index in [1.165, 1.54) is 16.8 Å². The molecule has 1 aliphatic rings. The zero-order chi connectivity index (χ0) is 20.9. The molecule has 0 radical (unpaired) electrons. The summed E-state index contributed by atoms with van der Waals surface area (Å²) in [5, 5.41) is 0. The van der Waals surface area contributed by atoms with Crippen molar-refractivity contribution in [1.29, 1.82) is 0 Å². The zero-order valence-electron chi connectivity index (χ0n) is 16.4. The highest BCUT2D eigenvalue weighted by Gasteiger charge is 2.24. The van der Waals surface area contributed by atoms with E-state index in [0.29, 0.717) is 12.5 Å². The third kappa shape index (κ3) is 6.86. The topological polar surface area (TPSA) is 107 Å². The summed E-state index contributed by atoms with van der Waals surface area (Å²) in [6.45, 7) is 2.05. The van der Waals surface area contributed by atoms with E-state index in [1.807, 2.05) is 31.2 Å². The van der Waals surface area contributed by atoms with Gasteiger partial charge in [-0.3, -0.25) is 14.3 Å². The smallest absolute Gasteiger partial charge is 0.330 e.